The van der Waals surface area contributed by atoms with E-state index in [1.54, 1.807) is 6.07 Å². The fourth-order valence-corrected chi connectivity index (χ4v) is 1.64. The Morgan fingerprint density at radius 2 is 2.23 bits per heavy atom. The van der Waals surface area contributed by atoms with Gasteiger partial charge in [-0.2, -0.15) is 0 Å². The lowest BCUT2D eigenvalue weighted by Gasteiger charge is -2.02. The molecule has 0 saturated heterocycles. The molecule has 0 aliphatic rings. The molecule has 0 heterocycles. The van der Waals surface area contributed by atoms with Crippen molar-refractivity contribution < 1.29 is 4.92 Å². The Bertz CT molecular complexity index is 328. The molecular formula is C8H9IN2O2. The minimum absolute atomic E-state index is 0.128. The van der Waals surface area contributed by atoms with Crippen molar-refractivity contribution in [2.24, 2.45) is 0 Å². The topological polar surface area (TPSA) is 55.2 Å². The molecule has 0 spiro atoms. The van der Waals surface area contributed by atoms with Crippen LogP contribution in [0, 0.1) is 13.7 Å². The third-order valence-corrected chi connectivity index (χ3v) is 2.10. The maximum absolute atomic E-state index is 10.5. The molecule has 1 aromatic rings. The number of nitrogens with one attached hydrogen (secondary N) is 1. The van der Waals surface area contributed by atoms with E-state index in [0.29, 0.717) is 0 Å². The third-order valence-electron chi connectivity index (χ3n) is 1.47. The smallest absolute Gasteiger partial charge is 0.272 e. The summed E-state index contributed by atoms with van der Waals surface area (Å²) in [5.41, 5.74) is 0.920. The summed E-state index contributed by atoms with van der Waals surface area (Å²) in [6.07, 6.45) is 0. The van der Waals surface area contributed by atoms with Crippen molar-refractivity contribution in [1.29, 1.82) is 0 Å². The maximum Gasteiger partial charge on any atom is 0.272 e. The maximum atomic E-state index is 10.5. The Labute approximate surface area is 89.6 Å². The summed E-state index contributed by atoms with van der Waals surface area (Å²) in [7, 11) is 0. The number of anilines is 1. The van der Waals surface area contributed by atoms with E-state index in [0.717, 1.165) is 15.8 Å². The molecule has 13 heavy (non-hydrogen) atoms. The van der Waals surface area contributed by atoms with E-state index in [9.17, 15) is 10.1 Å². The van der Waals surface area contributed by atoms with Crippen LogP contribution in [0.1, 0.15) is 6.92 Å². The Hall–Kier alpha value is -0.850. The molecular weight excluding hydrogens is 283 g/mol. The van der Waals surface area contributed by atoms with Gasteiger partial charge in [-0.05, 0) is 35.6 Å². The zero-order chi connectivity index (χ0) is 9.84. The van der Waals surface area contributed by atoms with Gasteiger partial charge in [0.15, 0.2) is 0 Å². The van der Waals surface area contributed by atoms with E-state index in [2.05, 4.69) is 27.9 Å². The number of rotatable bonds is 3. The van der Waals surface area contributed by atoms with Crippen LogP contribution in [0.2, 0.25) is 0 Å². The fourth-order valence-electron chi connectivity index (χ4n) is 0.986. The van der Waals surface area contributed by atoms with E-state index in [4.69, 9.17) is 0 Å². The predicted octanol–water partition coefficient (Wildman–Crippen LogP) is 2.63. The van der Waals surface area contributed by atoms with Gasteiger partial charge in [0.2, 0.25) is 0 Å². The molecule has 0 atom stereocenters. The molecule has 0 unspecified atom stereocenters. The van der Waals surface area contributed by atoms with Crippen molar-refractivity contribution in [3.05, 3.63) is 31.9 Å². The summed E-state index contributed by atoms with van der Waals surface area (Å²) in [4.78, 5) is 10.1. The monoisotopic (exact) mass is 292 g/mol. The van der Waals surface area contributed by atoms with Gasteiger partial charge in [0.25, 0.3) is 5.69 Å². The molecule has 70 valence electrons. The standard InChI is InChI=1S/C8H9IN2O2/c1-2-10-7-3-6(9)4-8(5-7)11(12)13/h3-5,10H,2H2,1H3. The minimum Gasteiger partial charge on any atom is -0.385 e. The van der Waals surface area contributed by atoms with Gasteiger partial charge in [-0.1, -0.05) is 0 Å². The molecule has 0 radical (unpaired) electrons. The SMILES string of the molecule is CCNc1cc(I)cc([N+](=O)[O-])c1. The third kappa shape index (κ3) is 2.83. The van der Waals surface area contributed by atoms with Crippen LogP contribution in [0.4, 0.5) is 11.4 Å². The second-order valence-electron chi connectivity index (χ2n) is 2.49. The average Bonchev–Trinajstić information content (AvgIpc) is 2.03. The molecule has 1 rings (SSSR count). The Balaban J connectivity index is 3.03. The minimum atomic E-state index is -0.386. The van der Waals surface area contributed by atoms with Crippen molar-refractivity contribution in [3.63, 3.8) is 0 Å². The summed E-state index contributed by atoms with van der Waals surface area (Å²) in [5, 5.41) is 13.5. The summed E-state index contributed by atoms with van der Waals surface area (Å²) < 4.78 is 0.864. The molecule has 0 aliphatic carbocycles. The number of benzene rings is 1. The highest BCUT2D eigenvalue weighted by Gasteiger charge is 2.07. The van der Waals surface area contributed by atoms with E-state index in [-0.39, 0.29) is 10.6 Å². The lowest BCUT2D eigenvalue weighted by molar-refractivity contribution is -0.384. The number of nitrogens with zero attached hydrogens (tertiary/aromatic N) is 1. The predicted molar refractivity (Wildman–Crippen MR) is 60.0 cm³/mol. The number of nitro groups is 1. The molecule has 0 bridgehead atoms. The second kappa shape index (κ2) is 4.40. The van der Waals surface area contributed by atoms with Gasteiger partial charge < -0.3 is 5.32 Å². The summed E-state index contributed by atoms with van der Waals surface area (Å²) in [6.45, 7) is 2.71. The van der Waals surface area contributed by atoms with Crippen LogP contribution < -0.4 is 5.32 Å². The number of nitro benzene ring substituents is 1. The summed E-state index contributed by atoms with van der Waals surface area (Å²) in [6, 6.07) is 4.95. The van der Waals surface area contributed by atoms with Crippen LogP contribution >= 0.6 is 22.6 Å². The Morgan fingerprint density at radius 1 is 1.54 bits per heavy atom. The molecule has 5 heteroatoms. The van der Waals surface area contributed by atoms with Crippen LogP contribution in [0.15, 0.2) is 18.2 Å². The average molecular weight is 292 g/mol. The van der Waals surface area contributed by atoms with E-state index >= 15 is 0 Å². The highest BCUT2D eigenvalue weighted by Crippen LogP contribution is 2.21. The zero-order valence-corrected chi connectivity index (χ0v) is 9.24. The number of non-ortho nitro benzene ring substituents is 1. The van der Waals surface area contributed by atoms with Crippen LogP contribution in [0.25, 0.3) is 0 Å². The molecule has 0 aliphatic heterocycles. The van der Waals surface area contributed by atoms with E-state index < -0.39 is 0 Å². The molecule has 0 amide bonds. The Morgan fingerprint density at radius 3 is 2.77 bits per heavy atom. The Kier molecular flexibility index (Phi) is 3.47. The molecule has 1 N–H and O–H groups in total. The van der Waals surface area contributed by atoms with Gasteiger partial charge in [0.05, 0.1) is 4.92 Å². The molecule has 0 saturated carbocycles. The molecule has 4 nitrogen and oxygen atoms in total. The van der Waals surface area contributed by atoms with Crippen molar-refractivity contribution in [2.45, 2.75) is 6.92 Å². The van der Waals surface area contributed by atoms with Gasteiger partial charge in [-0.25, -0.2) is 0 Å². The highest BCUT2D eigenvalue weighted by atomic mass is 127. The van der Waals surface area contributed by atoms with Gasteiger partial charge in [-0.15, -0.1) is 0 Å². The van der Waals surface area contributed by atoms with E-state index in [1.807, 2.05) is 13.0 Å². The number of hydrogen-bond donors (Lipinski definition) is 1. The lowest BCUT2D eigenvalue weighted by atomic mass is 10.3. The summed E-state index contributed by atoms with van der Waals surface area (Å²) >= 11 is 2.06. The fraction of sp³-hybridized carbons (Fsp3) is 0.250. The number of hydrogen-bond acceptors (Lipinski definition) is 3. The van der Waals surface area contributed by atoms with Gasteiger partial charge in [-0.3, -0.25) is 10.1 Å². The van der Waals surface area contributed by atoms with Crippen LogP contribution in [-0.4, -0.2) is 11.5 Å². The second-order valence-corrected chi connectivity index (χ2v) is 3.73. The van der Waals surface area contributed by atoms with Crippen molar-refractivity contribution in [2.75, 3.05) is 11.9 Å². The van der Waals surface area contributed by atoms with Gasteiger partial charge in [0.1, 0.15) is 0 Å². The van der Waals surface area contributed by atoms with Crippen LogP contribution in [0.5, 0.6) is 0 Å². The first kappa shape index (κ1) is 10.2. The first-order valence-corrected chi connectivity index (χ1v) is 4.90. The van der Waals surface area contributed by atoms with E-state index in [1.165, 1.54) is 6.07 Å². The molecule has 0 fully saturated rings. The quantitative estimate of drug-likeness (QED) is 0.529. The lowest BCUT2D eigenvalue weighted by Crippen LogP contribution is -1.98. The highest BCUT2D eigenvalue weighted by molar-refractivity contribution is 14.1. The van der Waals surface area contributed by atoms with Gasteiger partial charge >= 0.3 is 0 Å². The first-order valence-electron chi connectivity index (χ1n) is 3.82. The number of halogens is 1. The van der Waals surface area contributed by atoms with Crippen molar-refractivity contribution in [1.82, 2.24) is 0 Å². The van der Waals surface area contributed by atoms with Crippen molar-refractivity contribution in [3.8, 4) is 0 Å². The normalized spacial score (nSPS) is 9.69. The molecule has 0 aromatic heterocycles. The van der Waals surface area contributed by atoms with Crippen LogP contribution in [0.3, 0.4) is 0 Å². The zero-order valence-electron chi connectivity index (χ0n) is 7.08. The summed E-state index contributed by atoms with van der Waals surface area (Å²) in [5.74, 6) is 0. The van der Waals surface area contributed by atoms with Crippen molar-refractivity contribution >= 4 is 34.0 Å². The largest absolute Gasteiger partial charge is 0.385 e. The van der Waals surface area contributed by atoms with Crippen LogP contribution in [-0.2, 0) is 0 Å². The molecule has 1 aromatic carbocycles. The first-order chi connectivity index (χ1) is 6.13. The van der Waals surface area contributed by atoms with Gasteiger partial charge in [0, 0.05) is 27.9 Å².